The monoisotopic (exact) mass is 299 g/mol. The van der Waals surface area contributed by atoms with Crippen molar-refractivity contribution in [1.29, 1.82) is 0 Å². The van der Waals surface area contributed by atoms with Gasteiger partial charge in [-0.15, -0.1) is 0 Å². The van der Waals surface area contributed by atoms with Crippen molar-refractivity contribution in [3.05, 3.63) is 57.0 Å². The first kappa shape index (κ1) is 11.0. The quantitative estimate of drug-likeness (QED) is 0.677. The van der Waals surface area contributed by atoms with Crippen LogP contribution >= 0.6 is 39.1 Å². The molecule has 0 amide bonds. The van der Waals surface area contributed by atoms with Gasteiger partial charge in [0.2, 0.25) is 0 Å². The molecule has 0 aliphatic carbocycles. The van der Waals surface area contributed by atoms with Crippen LogP contribution in [0.1, 0.15) is 0 Å². The van der Waals surface area contributed by atoms with Crippen LogP contribution in [0.2, 0.25) is 10.0 Å². The average Bonchev–Trinajstić information content (AvgIpc) is 2.17. The highest BCUT2D eigenvalue weighted by atomic mass is 79.9. The Balaban J connectivity index is 2.63. The van der Waals surface area contributed by atoms with Crippen molar-refractivity contribution in [3.63, 3.8) is 0 Å². The predicted molar refractivity (Wildman–Crippen MR) is 68.4 cm³/mol. The minimum absolute atomic E-state index is 0.653. The highest BCUT2D eigenvalue weighted by Gasteiger charge is 2.07. The lowest BCUT2D eigenvalue weighted by molar-refractivity contribution is 1.58. The van der Waals surface area contributed by atoms with Crippen LogP contribution in [0, 0.1) is 6.07 Å². The number of benzene rings is 2. The van der Waals surface area contributed by atoms with Gasteiger partial charge in [0.25, 0.3) is 0 Å². The summed E-state index contributed by atoms with van der Waals surface area (Å²) in [7, 11) is 0. The Hall–Kier alpha value is -0.500. The van der Waals surface area contributed by atoms with Gasteiger partial charge in [-0.2, -0.15) is 0 Å². The Morgan fingerprint density at radius 2 is 1.73 bits per heavy atom. The van der Waals surface area contributed by atoms with Gasteiger partial charge in [-0.05, 0) is 29.8 Å². The van der Waals surface area contributed by atoms with Crippen molar-refractivity contribution < 1.29 is 0 Å². The van der Waals surface area contributed by atoms with E-state index in [1.54, 1.807) is 0 Å². The van der Waals surface area contributed by atoms with Gasteiger partial charge >= 0.3 is 0 Å². The van der Waals surface area contributed by atoms with Gasteiger partial charge in [-0.3, -0.25) is 0 Å². The molecule has 3 heteroatoms. The van der Waals surface area contributed by atoms with Crippen LogP contribution in [0.25, 0.3) is 11.1 Å². The normalized spacial score (nSPS) is 10.3. The minimum atomic E-state index is 0.653. The van der Waals surface area contributed by atoms with Crippen molar-refractivity contribution in [2.24, 2.45) is 0 Å². The maximum atomic E-state index is 6.11. The van der Waals surface area contributed by atoms with Crippen LogP contribution in [0.3, 0.4) is 0 Å². The second-order valence-electron chi connectivity index (χ2n) is 3.02. The lowest BCUT2D eigenvalue weighted by atomic mass is 10.1. The SMILES string of the molecule is Clc1cccc(Cl)c1-c1cc[c]c(Br)c1. The Bertz CT molecular complexity index is 474. The zero-order chi connectivity index (χ0) is 10.8. The first-order valence-corrected chi connectivity index (χ1v) is 5.85. The van der Waals surface area contributed by atoms with Crippen LogP contribution in [-0.4, -0.2) is 0 Å². The van der Waals surface area contributed by atoms with Crippen molar-refractivity contribution in [2.75, 3.05) is 0 Å². The summed E-state index contributed by atoms with van der Waals surface area (Å²) in [5.41, 5.74) is 1.84. The topological polar surface area (TPSA) is 0 Å². The van der Waals surface area contributed by atoms with Gasteiger partial charge in [0.05, 0.1) is 0 Å². The second-order valence-corrected chi connectivity index (χ2v) is 4.69. The molecule has 2 rings (SSSR count). The molecular weight excluding hydrogens is 295 g/mol. The first-order chi connectivity index (χ1) is 7.18. The summed E-state index contributed by atoms with van der Waals surface area (Å²) in [5.74, 6) is 0. The summed E-state index contributed by atoms with van der Waals surface area (Å²) in [6.45, 7) is 0. The molecule has 0 bridgehead atoms. The maximum Gasteiger partial charge on any atom is 0.0499 e. The highest BCUT2D eigenvalue weighted by molar-refractivity contribution is 9.10. The van der Waals surface area contributed by atoms with Crippen molar-refractivity contribution in [3.8, 4) is 11.1 Å². The van der Waals surface area contributed by atoms with E-state index in [0.29, 0.717) is 10.0 Å². The van der Waals surface area contributed by atoms with E-state index in [0.717, 1.165) is 15.6 Å². The van der Waals surface area contributed by atoms with E-state index < -0.39 is 0 Å². The minimum Gasteiger partial charge on any atom is -0.0836 e. The first-order valence-electron chi connectivity index (χ1n) is 4.30. The van der Waals surface area contributed by atoms with Gasteiger partial charge in [-0.25, -0.2) is 0 Å². The molecule has 0 heterocycles. The third-order valence-electron chi connectivity index (χ3n) is 2.02. The number of halogens is 3. The van der Waals surface area contributed by atoms with Crippen LogP contribution in [0.15, 0.2) is 40.9 Å². The molecule has 0 aliphatic heterocycles. The Kier molecular flexibility index (Phi) is 3.35. The van der Waals surface area contributed by atoms with Crippen molar-refractivity contribution in [1.82, 2.24) is 0 Å². The molecule has 0 saturated heterocycles. The van der Waals surface area contributed by atoms with Gasteiger partial charge < -0.3 is 0 Å². The third kappa shape index (κ3) is 2.36. The Morgan fingerprint density at radius 1 is 1.07 bits per heavy atom. The molecule has 15 heavy (non-hydrogen) atoms. The van der Waals surface area contributed by atoms with Crippen molar-refractivity contribution >= 4 is 39.1 Å². The molecule has 0 nitrogen and oxygen atoms in total. The zero-order valence-corrected chi connectivity index (χ0v) is 10.7. The van der Waals surface area contributed by atoms with Crippen LogP contribution in [0.5, 0.6) is 0 Å². The molecule has 0 unspecified atom stereocenters. The average molecular weight is 301 g/mol. The molecule has 0 aromatic heterocycles. The number of hydrogen-bond acceptors (Lipinski definition) is 0. The van der Waals surface area contributed by atoms with Gasteiger partial charge in [-0.1, -0.05) is 57.3 Å². The fraction of sp³-hybridized carbons (Fsp3) is 0. The zero-order valence-electron chi connectivity index (χ0n) is 7.60. The molecule has 0 spiro atoms. The van der Waals surface area contributed by atoms with E-state index in [2.05, 4.69) is 22.0 Å². The van der Waals surface area contributed by atoms with E-state index >= 15 is 0 Å². The molecule has 2 aromatic carbocycles. The summed E-state index contributed by atoms with van der Waals surface area (Å²) in [4.78, 5) is 0. The van der Waals surface area contributed by atoms with Crippen LogP contribution < -0.4 is 0 Å². The van der Waals surface area contributed by atoms with E-state index in [-0.39, 0.29) is 0 Å². The largest absolute Gasteiger partial charge is 0.0836 e. The van der Waals surface area contributed by atoms with Gasteiger partial charge in [0.15, 0.2) is 0 Å². The Labute approximate surface area is 107 Å². The summed E-state index contributed by atoms with van der Waals surface area (Å²) >= 11 is 15.6. The summed E-state index contributed by atoms with van der Waals surface area (Å²) in [6.07, 6.45) is 0. The maximum absolute atomic E-state index is 6.11. The molecular formula is C12H6BrCl2. The summed E-state index contributed by atoms with van der Waals surface area (Å²) in [6, 6.07) is 14.2. The fourth-order valence-electron chi connectivity index (χ4n) is 1.37. The number of hydrogen-bond donors (Lipinski definition) is 0. The van der Waals surface area contributed by atoms with Crippen LogP contribution in [0.4, 0.5) is 0 Å². The molecule has 0 N–H and O–H groups in total. The summed E-state index contributed by atoms with van der Waals surface area (Å²) in [5, 5.41) is 1.31. The lowest BCUT2D eigenvalue weighted by Gasteiger charge is -2.06. The van der Waals surface area contributed by atoms with Gasteiger partial charge in [0, 0.05) is 20.1 Å². The lowest BCUT2D eigenvalue weighted by Crippen LogP contribution is -1.81. The molecule has 0 fully saturated rings. The van der Waals surface area contributed by atoms with Crippen molar-refractivity contribution in [2.45, 2.75) is 0 Å². The molecule has 0 saturated carbocycles. The van der Waals surface area contributed by atoms with E-state index in [9.17, 15) is 0 Å². The molecule has 0 aliphatic rings. The Morgan fingerprint density at radius 3 is 2.33 bits per heavy atom. The highest BCUT2D eigenvalue weighted by Crippen LogP contribution is 2.35. The molecule has 1 radical (unpaired) electrons. The van der Waals surface area contributed by atoms with E-state index in [4.69, 9.17) is 23.2 Å². The van der Waals surface area contributed by atoms with Crippen LogP contribution in [-0.2, 0) is 0 Å². The third-order valence-corrected chi connectivity index (χ3v) is 3.11. The smallest absolute Gasteiger partial charge is 0.0499 e. The molecule has 0 atom stereocenters. The number of rotatable bonds is 1. The standard InChI is InChI=1S/C12H6BrCl2/c13-9-4-1-3-8(7-9)12-10(14)5-2-6-11(12)15/h1-3,5-7H. The van der Waals surface area contributed by atoms with E-state index in [1.807, 2.05) is 36.4 Å². The predicted octanol–water partition coefficient (Wildman–Crippen LogP) is 5.22. The fourth-order valence-corrected chi connectivity index (χ4v) is 2.36. The summed E-state index contributed by atoms with van der Waals surface area (Å²) < 4.78 is 0.885. The molecule has 2 aromatic rings. The van der Waals surface area contributed by atoms with Gasteiger partial charge in [0.1, 0.15) is 0 Å². The molecule has 75 valence electrons. The van der Waals surface area contributed by atoms with E-state index in [1.165, 1.54) is 0 Å². The second kappa shape index (κ2) is 4.56.